The average Bonchev–Trinajstić information content (AvgIpc) is 2.94. The van der Waals surface area contributed by atoms with Crippen LogP contribution in [-0.2, 0) is 18.8 Å². The smallest absolute Gasteiger partial charge is 0.308 e. The minimum atomic E-state index is -3.72. The van der Waals surface area contributed by atoms with E-state index in [1.165, 1.54) is 0 Å². The van der Waals surface area contributed by atoms with Crippen LogP contribution in [0.15, 0.2) is 66.7 Å². The van der Waals surface area contributed by atoms with Gasteiger partial charge in [0.2, 0.25) is 12.7 Å². The number of rotatable bonds is 13. The Morgan fingerprint density at radius 3 is 1.87 bits per heavy atom. The van der Waals surface area contributed by atoms with Crippen LogP contribution in [0, 0.1) is 26.7 Å². The topological polar surface area (TPSA) is 86.7 Å². The van der Waals surface area contributed by atoms with Gasteiger partial charge >= 0.3 is 5.97 Å². The molecule has 3 aromatic rings. The Kier molecular flexibility index (Phi) is 10.6. The Morgan fingerprint density at radius 2 is 1.33 bits per heavy atom. The summed E-state index contributed by atoms with van der Waals surface area (Å²) in [6.07, 6.45) is 0.812. The summed E-state index contributed by atoms with van der Waals surface area (Å²) in [7, 11) is -3.72. The molecule has 7 heteroatoms. The predicted molar refractivity (Wildman–Crippen MR) is 155 cm³/mol. The van der Waals surface area contributed by atoms with Crippen LogP contribution in [-0.4, -0.2) is 37.1 Å². The molecule has 3 rings (SSSR count). The van der Waals surface area contributed by atoms with Crippen LogP contribution in [0.3, 0.4) is 0 Å². The molecule has 0 aliphatic rings. The summed E-state index contributed by atoms with van der Waals surface area (Å²) in [5, 5.41) is 0.909. The molecular weight excluding hydrogens is 511 g/mol. The molecule has 0 N–H and O–H groups in total. The van der Waals surface area contributed by atoms with E-state index in [0.717, 1.165) is 5.56 Å². The molecule has 0 spiro atoms. The predicted octanol–water partition coefficient (Wildman–Crippen LogP) is 5.94. The van der Waals surface area contributed by atoms with Gasteiger partial charge in [-0.05, 0) is 43.9 Å². The van der Waals surface area contributed by atoms with Crippen molar-refractivity contribution in [2.45, 2.75) is 47.5 Å². The van der Waals surface area contributed by atoms with Crippen molar-refractivity contribution in [1.82, 2.24) is 0 Å². The maximum Gasteiger partial charge on any atom is 0.308 e. The van der Waals surface area contributed by atoms with Gasteiger partial charge < -0.3 is 14.0 Å². The molecule has 0 heterocycles. The molecule has 0 saturated heterocycles. The highest BCUT2D eigenvalue weighted by Crippen LogP contribution is 2.48. The summed E-state index contributed by atoms with van der Waals surface area (Å²) in [4.78, 5) is 39.3. The highest BCUT2D eigenvalue weighted by atomic mass is 31.2. The van der Waals surface area contributed by atoms with Crippen molar-refractivity contribution in [2.24, 2.45) is 5.92 Å². The lowest BCUT2D eigenvalue weighted by Gasteiger charge is -2.22. The molecule has 1 unspecified atom stereocenters. The molecule has 0 amide bonds. The van der Waals surface area contributed by atoms with Crippen LogP contribution in [0.4, 0.5) is 0 Å². The molecule has 0 bridgehead atoms. The van der Waals surface area contributed by atoms with Gasteiger partial charge in [-0.3, -0.25) is 14.4 Å². The van der Waals surface area contributed by atoms with Crippen LogP contribution in [0.1, 0.15) is 64.1 Å². The molecule has 3 aromatic carbocycles. The standard InChI is InChI=1S/C32H37O6P/c1-6-22(2)31(34)38-20-19-37-18-17-28(33)29-23(3)21-24(4)30(25(29)5)32(35)39(36,26-13-9-7-10-14-26)27-15-11-8-12-16-27/h7-16,21-22H,6,17-20H2,1-5H3. The molecular formula is C32H37O6P. The number of hydrogen-bond donors (Lipinski definition) is 0. The van der Waals surface area contributed by atoms with Crippen molar-refractivity contribution in [1.29, 1.82) is 0 Å². The van der Waals surface area contributed by atoms with Crippen LogP contribution in [0.2, 0.25) is 0 Å². The van der Waals surface area contributed by atoms with Crippen molar-refractivity contribution < 1.29 is 28.4 Å². The fraction of sp³-hybridized carbons (Fsp3) is 0.344. The quantitative estimate of drug-likeness (QED) is 0.114. The minimum absolute atomic E-state index is 0.104. The zero-order chi connectivity index (χ0) is 28.6. The van der Waals surface area contributed by atoms with Gasteiger partial charge in [0.25, 0.3) is 0 Å². The zero-order valence-electron chi connectivity index (χ0n) is 23.4. The second-order valence-electron chi connectivity index (χ2n) is 9.73. The molecule has 0 aromatic heterocycles. The Hall–Kier alpha value is -3.34. The number of esters is 1. The monoisotopic (exact) mass is 548 g/mol. The van der Waals surface area contributed by atoms with Crippen molar-refractivity contribution in [2.75, 3.05) is 19.8 Å². The maximum absolute atomic E-state index is 14.7. The number of benzene rings is 3. The third-order valence-corrected chi connectivity index (χ3v) is 9.80. The first-order valence-corrected chi connectivity index (χ1v) is 15.0. The van der Waals surface area contributed by atoms with E-state index in [1.54, 1.807) is 55.5 Å². The van der Waals surface area contributed by atoms with Crippen LogP contribution >= 0.6 is 7.14 Å². The van der Waals surface area contributed by atoms with E-state index >= 15 is 0 Å². The van der Waals surface area contributed by atoms with E-state index in [1.807, 2.05) is 45.9 Å². The Labute approximate surface area is 231 Å². The average molecular weight is 549 g/mol. The van der Waals surface area contributed by atoms with Crippen LogP contribution in [0.5, 0.6) is 0 Å². The number of carbonyl (C=O) groups excluding carboxylic acids is 3. The van der Waals surface area contributed by atoms with E-state index in [0.29, 0.717) is 39.3 Å². The fourth-order valence-corrected chi connectivity index (χ4v) is 7.27. The van der Waals surface area contributed by atoms with Gasteiger partial charge in [0.05, 0.1) is 19.1 Å². The first kappa shape index (κ1) is 30.2. The first-order valence-electron chi connectivity index (χ1n) is 13.3. The van der Waals surface area contributed by atoms with E-state index in [4.69, 9.17) is 9.47 Å². The Balaban J connectivity index is 1.85. The third-order valence-electron chi connectivity index (χ3n) is 6.95. The molecule has 0 radical (unpaired) electrons. The highest BCUT2D eigenvalue weighted by Gasteiger charge is 2.38. The lowest BCUT2D eigenvalue weighted by Crippen LogP contribution is -2.24. The summed E-state index contributed by atoms with van der Waals surface area (Å²) in [6, 6.07) is 19.4. The van der Waals surface area contributed by atoms with Crippen LogP contribution in [0.25, 0.3) is 0 Å². The molecule has 0 aliphatic carbocycles. The van der Waals surface area contributed by atoms with Crippen molar-refractivity contribution >= 4 is 35.0 Å². The number of ether oxygens (including phenoxy) is 2. The second-order valence-corrected chi connectivity index (χ2v) is 12.4. The number of carbonyl (C=O) groups is 3. The molecule has 6 nitrogen and oxygen atoms in total. The Bertz CT molecular complexity index is 1320. The molecule has 39 heavy (non-hydrogen) atoms. The van der Waals surface area contributed by atoms with Gasteiger partial charge in [0.1, 0.15) is 6.61 Å². The molecule has 0 saturated carbocycles. The summed E-state index contributed by atoms with van der Waals surface area (Å²) in [5.74, 6) is -0.580. The lowest BCUT2D eigenvalue weighted by atomic mass is 9.91. The van der Waals surface area contributed by atoms with Gasteiger partial charge in [-0.1, -0.05) is 80.6 Å². The zero-order valence-corrected chi connectivity index (χ0v) is 24.3. The number of hydrogen-bond acceptors (Lipinski definition) is 6. The summed E-state index contributed by atoms with van der Waals surface area (Å²) < 4.78 is 25.4. The van der Waals surface area contributed by atoms with Crippen molar-refractivity contribution in [3.63, 3.8) is 0 Å². The van der Waals surface area contributed by atoms with E-state index in [2.05, 4.69) is 0 Å². The summed E-state index contributed by atoms with van der Waals surface area (Å²) >= 11 is 0. The van der Waals surface area contributed by atoms with Crippen molar-refractivity contribution in [3.05, 3.63) is 94.5 Å². The maximum atomic E-state index is 14.7. The van der Waals surface area contributed by atoms with Gasteiger partial charge in [0, 0.05) is 28.2 Å². The van der Waals surface area contributed by atoms with E-state index in [9.17, 15) is 18.9 Å². The van der Waals surface area contributed by atoms with Crippen LogP contribution < -0.4 is 10.6 Å². The van der Waals surface area contributed by atoms with Gasteiger partial charge in [0.15, 0.2) is 5.78 Å². The lowest BCUT2D eigenvalue weighted by molar-refractivity contribution is -0.149. The number of aryl methyl sites for hydroxylation is 2. The highest BCUT2D eigenvalue weighted by molar-refractivity contribution is 7.93. The summed E-state index contributed by atoms with van der Waals surface area (Å²) in [6.45, 7) is 9.61. The largest absolute Gasteiger partial charge is 0.463 e. The Morgan fingerprint density at radius 1 is 0.795 bits per heavy atom. The fourth-order valence-electron chi connectivity index (χ4n) is 4.66. The summed E-state index contributed by atoms with van der Waals surface area (Å²) in [5.41, 5.74) is 2.24. The van der Waals surface area contributed by atoms with E-state index < -0.39 is 12.7 Å². The van der Waals surface area contributed by atoms with Crippen molar-refractivity contribution in [3.8, 4) is 0 Å². The first-order chi connectivity index (χ1) is 18.6. The number of Topliss-reactive ketones (excluding diaryl/α,β-unsaturated/α-hetero) is 1. The molecule has 0 fully saturated rings. The van der Waals surface area contributed by atoms with Gasteiger partial charge in [-0.25, -0.2) is 0 Å². The van der Waals surface area contributed by atoms with E-state index in [-0.39, 0.29) is 43.9 Å². The minimum Gasteiger partial charge on any atom is -0.463 e. The second kappa shape index (κ2) is 13.6. The van der Waals surface area contributed by atoms with Gasteiger partial charge in [-0.15, -0.1) is 0 Å². The number of ketones is 1. The third kappa shape index (κ3) is 6.81. The van der Waals surface area contributed by atoms with Gasteiger partial charge in [-0.2, -0.15) is 0 Å². The SMILES string of the molecule is CCC(C)C(=O)OCCOCCC(=O)c1c(C)cc(C)c(C(=O)P(=O)(c2ccccc2)c2ccccc2)c1C. The normalized spacial score (nSPS) is 12.1. The molecule has 206 valence electrons. The molecule has 0 aliphatic heterocycles. The molecule has 1 atom stereocenters.